The van der Waals surface area contributed by atoms with Crippen LogP contribution >= 0.6 is 12.2 Å². The number of nitrogens with two attached hydrogens (primary N) is 1. The van der Waals surface area contributed by atoms with E-state index >= 15 is 0 Å². The predicted molar refractivity (Wildman–Crippen MR) is 87.2 cm³/mol. The van der Waals surface area contributed by atoms with E-state index in [2.05, 4.69) is 9.80 Å². The first-order chi connectivity index (χ1) is 9.76. The monoisotopic (exact) mass is 311 g/mol. The molecule has 3 N–H and O–H groups in total. The van der Waals surface area contributed by atoms with Crippen molar-refractivity contribution in [3.8, 4) is 0 Å². The number of aliphatic hydroxyl groups is 1. The van der Waals surface area contributed by atoms with Gasteiger partial charge < -0.3 is 15.7 Å². The van der Waals surface area contributed by atoms with Crippen molar-refractivity contribution < 1.29 is 9.50 Å². The van der Waals surface area contributed by atoms with Crippen molar-refractivity contribution >= 4 is 22.9 Å². The van der Waals surface area contributed by atoms with E-state index in [1.807, 2.05) is 13.8 Å². The van der Waals surface area contributed by atoms with Gasteiger partial charge in [-0.25, -0.2) is 4.39 Å². The molecule has 1 saturated heterocycles. The van der Waals surface area contributed by atoms with Crippen LogP contribution in [0, 0.1) is 5.82 Å². The van der Waals surface area contributed by atoms with Gasteiger partial charge in [0.25, 0.3) is 0 Å². The Balaban J connectivity index is 2.07. The molecule has 0 spiro atoms. The van der Waals surface area contributed by atoms with Gasteiger partial charge in [-0.3, -0.25) is 4.90 Å². The molecule has 21 heavy (non-hydrogen) atoms. The van der Waals surface area contributed by atoms with Crippen LogP contribution in [0.4, 0.5) is 10.1 Å². The highest BCUT2D eigenvalue weighted by Crippen LogP contribution is 2.23. The summed E-state index contributed by atoms with van der Waals surface area (Å²) >= 11 is 5.01. The van der Waals surface area contributed by atoms with E-state index in [0.717, 1.165) is 31.9 Å². The molecule has 1 aliphatic rings. The van der Waals surface area contributed by atoms with E-state index in [1.54, 1.807) is 6.07 Å². The molecular formula is C15H22FN3OS. The third-order valence-electron chi connectivity index (χ3n) is 3.55. The van der Waals surface area contributed by atoms with Gasteiger partial charge in [-0.15, -0.1) is 0 Å². The van der Waals surface area contributed by atoms with Gasteiger partial charge in [-0.1, -0.05) is 12.2 Å². The second kappa shape index (κ2) is 6.25. The summed E-state index contributed by atoms with van der Waals surface area (Å²) in [6.45, 7) is 7.56. The Kier molecular flexibility index (Phi) is 4.81. The largest absolute Gasteiger partial charge is 0.389 e. The molecule has 0 saturated carbocycles. The van der Waals surface area contributed by atoms with Gasteiger partial charge in [0.05, 0.1) is 5.60 Å². The number of nitrogens with zero attached hydrogens (tertiary/aromatic N) is 2. The first kappa shape index (κ1) is 16.1. The van der Waals surface area contributed by atoms with E-state index < -0.39 is 5.60 Å². The van der Waals surface area contributed by atoms with Gasteiger partial charge in [-0.2, -0.15) is 0 Å². The van der Waals surface area contributed by atoms with Crippen molar-refractivity contribution in [1.29, 1.82) is 0 Å². The number of hydrogen-bond donors (Lipinski definition) is 2. The highest BCUT2D eigenvalue weighted by atomic mass is 32.1. The fraction of sp³-hybridized carbons (Fsp3) is 0.533. The van der Waals surface area contributed by atoms with Crippen LogP contribution < -0.4 is 10.6 Å². The third kappa shape index (κ3) is 4.36. The van der Waals surface area contributed by atoms with Crippen molar-refractivity contribution in [3.63, 3.8) is 0 Å². The Hall–Kier alpha value is -1.24. The molecule has 4 nitrogen and oxygen atoms in total. The summed E-state index contributed by atoms with van der Waals surface area (Å²) in [5.41, 5.74) is 6.47. The number of thiocarbonyl (C=S) groups is 1. The first-order valence-corrected chi connectivity index (χ1v) is 7.46. The maximum atomic E-state index is 13.4. The minimum absolute atomic E-state index is 0.212. The molecule has 0 aromatic heterocycles. The van der Waals surface area contributed by atoms with Crippen LogP contribution in [-0.4, -0.2) is 53.3 Å². The number of rotatable bonds is 4. The zero-order chi connectivity index (χ0) is 15.6. The van der Waals surface area contributed by atoms with Crippen molar-refractivity contribution in [2.45, 2.75) is 19.4 Å². The molecule has 1 heterocycles. The summed E-state index contributed by atoms with van der Waals surface area (Å²) in [6.07, 6.45) is 0. The summed E-state index contributed by atoms with van der Waals surface area (Å²) < 4.78 is 13.4. The molecular weight excluding hydrogens is 289 g/mol. The molecule has 1 aliphatic heterocycles. The van der Waals surface area contributed by atoms with Gasteiger partial charge >= 0.3 is 0 Å². The third-order valence-corrected chi connectivity index (χ3v) is 3.77. The molecule has 0 aliphatic carbocycles. The van der Waals surface area contributed by atoms with Crippen LogP contribution in [0.1, 0.15) is 19.4 Å². The van der Waals surface area contributed by atoms with Crippen LogP contribution in [-0.2, 0) is 0 Å². The Morgan fingerprint density at radius 3 is 2.48 bits per heavy atom. The fourth-order valence-corrected chi connectivity index (χ4v) is 2.84. The lowest BCUT2D eigenvalue weighted by molar-refractivity contribution is 0.0345. The lowest BCUT2D eigenvalue weighted by Crippen LogP contribution is -2.50. The van der Waals surface area contributed by atoms with E-state index in [1.165, 1.54) is 12.1 Å². The Morgan fingerprint density at radius 1 is 1.33 bits per heavy atom. The summed E-state index contributed by atoms with van der Waals surface area (Å²) in [4.78, 5) is 4.60. The molecule has 6 heteroatoms. The van der Waals surface area contributed by atoms with E-state index in [-0.39, 0.29) is 10.8 Å². The number of piperazine rings is 1. The van der Waals surface area contributed by atoms with Crippen LogP contribution in [0.15, 0.2) is 18.2 Å². The van der Waals surface area contributed by atoms with Crippen molar-refractivity contribution in [1.82, 2.24) is 4.90 Å². The molecule has 0 radical (unpaired) electrons. The second-order valence-corrected chi connectivity index (χ2v) is 6.54. The molecule has 0 atom stereocenters. The van der Waals surface area contributed by atoms with Crippen LogP contribution in [0.2, 0.25) is 0 Å². The highest BCUT2D eigenvalue weighted by Gasteiger charge is 2.24. The molecule has 1 aromatic carbocycles. The fourth-order valence-electron chi connectivity index (χ4n) is 2.68. The summed E-state index contributed by atoms with van der Waals surface area (Å²) in [7, 11) is 0. The molecule has 1 fully saturated rings. The maximum absolute atomic E-state index is 13.4. The first-order valence-electron chi connectivity index (χ1n) is 7.05. The van der Waals surface area contributed by atoms with E-state index in [9.17, 15) is 9.50 Å². The van der Waals surface area contributed by atoms with Gasteiger partial charge in [0, 0.05) is 44.0 Å². The molecule has 0 amide bonds. The van der Waals surface area contributed by atoms with E-state index in [0.29, 0.717) is 12.1 Å². The van der Waals surface area contributed by atoms with Crippen molar-refractivity contribution in [2.75, 3.05) is 37.6 Å². The van der Waals surface area contributed by atoms with Gasteiger partial charge in [0.2, 0.25) is 0 Å². The molecule has 1 aromatic rings. The zero-order valence-corrected chi connectivity index (χ0v) is 13.3. The Labute approximate surface area is 130 Å². The van der Waals surface area contributed by atoms with Crippen molar-refractivity contribution in [2.24, 2.45) is 5.73 Å². The lowest BCUT2D eigenvalue weighted by atomic mass is 10.1. The molecule has 0 bridgehead atoms. The van der Waals surface area contributed by atoms with E-state index in [4.69, 9.17) is 18.0 Å². The number of hydrogen-bond acceptors (Lipinski definition) is 4. The summed E-state index contributed by atoms with van der Waals surface area (Å²) in [6, 6.07) is 4.55. The smallest absolute Gasteiger partial charge is 0.124 e. The molecule has 0 unspecified atom stereocenters. The SMILES string of the molecule is CC(C)(O)CN1CCN(c2ccc(F)cc2C(N)=S)CC1. The number of benzene rings is 1. The topological polar surface area (TPSA) is 52.7 Å². The number of β-amino-alcohol motifs (C(OH)–C–C–N with tert-alkyl or cyclic N) is 1. The standard InChI is InChI=1S/C15H22FN3OS/c1-15(2,20)10-18-5-7-19(8-6-18)13-4-3-11(16)9-12(13)14(17)21/h3-4,9,20H,5-8,10H2,1-2H3,(H2,17,21). The maximum Gasteiger partial charge on any atom is 0.124 e. The van der Waals surface area contributed by atoms with Gasteiger partial charge in [0.15, 0.2) is 0 Å². The number of halogens is 1. The number of anilines is 1. The van der Waals surface area contributed by atoms with Crippen LogP contribution in [0.25, 0.3) is 0 Å². The van der Waals surface area contributed by atoms with Gasteiger partial charge in [-0.05, 0) is 32.0 Å². The minimum Gasteiger partial charge on any atom is -0.389 e. The molecule has 2 rings (SSSR count). The quantitative estimate of drug-likeness (QED) is 0.822. The Bertz CT molecular complexity index is 522. The lowest BCUT2D eigenvalue weighted by Gasteiger charge is -2.39. The average molecular weight is 311 g/mol. The van der Waals surface area contributed by atoms with Crippen LogP contribution in [0.5, 0.6) is 0 Å². The van der Waals surface area contributed by atoms with Crippen LogP contribution in [0.3, 0.4) is 0 Å². The van der Waals surface area contributed by atoms with Gasteiger partial charge in [0.1, 0.15) is 10.8 Å². The normalized spacial score (nSPS) is 17.0. The molecule has 116 valence electrons. The average Bonchev–Trinajstić information content (AvgIpc) is 2.38. The minimum atomic E-state index is -0.692. The summed E-state index contributed by atoms with van der Waals surface area (Å²) in [5.74, 6) is -0.331. The predicted octanol–water partition coefficient (Wildman–Crippen LogP) is 1.35. The summed E-state index contributed by atoms with van der Waals surface area (Å²) in [5, 5.41) is 9.87. The highest BCUT2D eigenvalue weighted by molar-refractivity contribution is 7.80. The second-order valence-electron chi connectivity index (χ2n) is 6.10. The zero-order valence-electron chi connectivity index (χ0n) is 12.5. The Morgan fingerprint density at radius 2 is 1.95 bits per heavy atom. The van der Waals surface area contributed by atoms with Crippen molar-refractivity contribution in [3.05, 3.63) is 29.6 Å².